The molecular formula is C25H23N. The molecule has 0 bridgehead atoms. The van der Waals surface area contributed by atoms with E-state index in [1.165, 1.54) is 22.1 Å². The zero-order chi connectivity index (χ0) is 18.1. The van der Waals surface area contributed by atoms with Crippen LogP contribution in [0, 0.1) is 0 Å². The van der Waals surface area contributed by atoms with Crippen LogP contribution < -0.4 is 0 Å². The Kier molecular flexibility index (Phi) is 4.08. The summed E-state index contributed by atoms with van der Waals surface area (Å²) in [4.78, 5) is 5.01. The van der Waals surface area contributed by atoms with Crippen molar-refractivity contribution < 1.29 is 0 Å². The molecule has 0 aliphatic carbocycles. The van der Waals surface area contributed by atoms with Crippen LogP contribution >= 0.6 is 0 Å². The second-order valence-corrected chi connectivity index (χ2v) is 7.77. The van der Waals surface area contributed by atoms with Crippen molar-refractivity contribution in [2.45, 2.75) is 26.2 Å². The van der Waals surface area contributed by atoms with Crippen LogP contribution in [0.15, 0.2) is 84.9 Å². The highest BCUT2D eigenvalue weighted by molar-refractivity contribution is 5.91. The van der Waals surface area contributed by atoms with Crippen molar-refractivity contribution in [3.63, 3.8) is 0 Å². The van der Waals surface area contributed by atoms with Gasteiger partial charge in [0.2, 0.25) is 0 Å². The Hall–Kier alpha value is -2.93. The number of rotatable bonds is 2. The van der Waals surface area contributed by atoms with E-state index in [0.29, 0.717) is 0 Å². The Morgan fingerprint density at radius 3 is 2.00 bits per heavy atom. The molecule has 0 atom stereocenters. The lowest BCUT2D eigenvalue weighted by molar-refractivity contribution is 0.590. The van der Waals surface area contributed by atoms with Gasteiger partial charge in [0.15, 0.2) is 0 Å². The van der Waals surface area contributed by atoms with Gasteiger partial charge in [0.1, 0.15) is 0 Å². The number of aromatic nitrogens is 1. The number of benzene rings is 3. The van der Waals surface area contributed by atoms with Gasteiger partial charge in [-0.2, -0.15) is 0 Å². The minimum atomic E-state index is 0.150. The molecule has 0 spiro atoms. The van der Waals surface area contributed by atoms with Gasteiger partial charge in [0.25, 0.3) is 0 Å². The van der Waals surface area contributed by atoms with E-state index in [9.17, 15) is 0 Å². The van der Waals surface area contributed by atoms with E-state index in [1.807, 2.05) is 6.07 Å². The first-order chi connectivity index (χ1) is 12.5. The van der Waals surface area contributed by atoms with Crippen LogP contribution in [-0.2, 0) is 5.41 Å². The molecule has 0 saturated heterocycles. The summed E-state index contributed by atoms with van der Waals surface area (Å²) < 4.78 is 0. The van der Waals surface area contributed by atoms with E-state index in [2.05, 4.69) is 99.6 Å². The average molecular weight is 337 g/mol. The molecule has 3 aromatic carbocycles. The molecule has 0 amide bonds. The predicted octanol–water partition coefficient (Wildman–Crippen LogP) is 6.87. The summed E-state index contributed by atoms with van der Waals surface area (Å²) in [7, 11) is 0. The van der Waals surface area contributed by atoms with Gasteiger partial charge < -0.3 is 0 Å². The van der Waals surface area contributed by atoms with E-state index in [-0.39, 0.29) is 5.41 Å². The molecule has 0 unspecified atom stereocenters. The monoisotopic (exact) mass is 337 g/mol. The van der Waals surface area contributed by atoms with Crippen LogP contribution in [0.3, 0.4) is 0 Å². The van der Waals surface area contributed by atoms with Crippen molar-refractivity contribution in [2.75, 3.05) is 0 Å². The highest BCUT2D eigenvalue weighted by Crippen LogP contribution is 2.34. The van der Waals surface area contributed by atoms with Crippen molar-refractivity contribution in [2.24, 2.45) is 0 Å². The summed E-state index contributed by atoms with van der Waals surface area (Å²) in [6, 6.07) is 29.9. The molecule has 0 radical (unpaired) electrons. The molecule has 1 heterocycles. The van der Waals surface area contributed by atoms with Crippen molar-refractivity contribution in [3.05, 3.63) is 90.5 Å². The maximum absolute atomic E-state index is 5.01. The predicted molar refractivity (Wildman–Crippen MR) is 111 cm³/mol. The summed E-state index contributed by atoms with van der Waals surface area (Å²) in [6.07, 6.45) is 0. The number of hydrogen-bond donors (Lipinski definition) is 0. The van der Waals surface area contributed by atoms with Crippen molar-refractivity contribution in [1.29, 1.82) is 0 Å². The van der Waals surface area contributed by atoms with Gasteiger partial charge >= 0.3 is 0 Å². The fourth-order valence-corrected chi connectivity index (χ4v) is 3.30. The maximum atomic E-state index is 5.01. The average Bonchev–Trinajstić information content (AvgIpc) is 2.67. The van der Waals surface area contributed by atoms with Gasteiger partial charge in [-0.15, -0.1) is 0 Å². The van der Waals surface area contributed by atoms with E-state index < -0.39 is 0 Å². The maximum Gasteiger partial charge on any atom is 0.0788 e. The van der Waals surface area contributed by atoms with Crippen molar-refractivity contribution in [3.8, 4) is 22.4 Å². The molecule has 1 nitrogen and oxygen atoms in total. The number of para-hydroxylation sites is 1. The quantitative estimate of drug-likeness (QED) is 0.389. The van der Waals surface area contributed by atoms with Crippen LogP contribution in [-0.4, -0.2) is 4.98 Å². The lowest BCUT2D eigenvalue weighted by Crippen LogP contribution is -2.10. The molecular weight excluding hydrogens is 314 g/mol. The van der Waals surface area contributed by atoms with Crippen molar-refractivity contribution in [1.82, 2.24) is 4.98 Å². The second-order valence-electron chi connectivity index (χ2n) is 7.77. The normalized spacial score (nSPS) is 11.7. The molecule has 4 rings (SSSR count). The van der Waals surface area contributed by atoms with Crippen molar-refractivity contribution >= 4 is 10.9 Å². The summed E-state index contributed by atoms with van der Waals surface area (Å²) in [6.45, 7) is 6.73. The molecule has 0 aliphatic rings. The third-order valence-electron chi connectivity index (χ3n) is 4.83. The van der Waals surface area contributed by atoms with Gasteiger partial charge in [0, 0.05) is 16.5 Å². The SMILES string of the molecule is CC(C)(C)c1ccc(-c2nc3ccccc3cc2-c2ccccc2)cc1. The summed E-state index contributed by atoms with van der Waals surface area (Å²) >= 11 is 0. The number of fused-ring (bicyclic) bond motifs is 1. The minimum absolute atomic E-state index is 0.150. The number of nitrogens with zero attached hydrogens (tertiary/aromatic N) is 1. The van der Waals surface area contributed by atoms with Gasteiger partial charge in [0.05, 0.1) is 11.2 Å². The third-order valence-corrected chi connectivity index (χ3v) is 4.83. The topological polar surface area (TPSA) is 12.9 Å². The Labute approximate surface area is 155 Å². The molecule has 26 heavy (non-hydrogen) atoms. The first-order valence-corrected chi connectivity index (χ1v) is 9.08. The highest BCUT2D eigenvalue weighted by atomic mass is 14.7. The second kappa shape index (κ2) is 6.42. The molecule has 0 fully saturated rings. The van der Waals surface area contributed by atoms with Gasteiger partial charge in [-0.25, -0.2) is 4.98 Å². The molecule has 0 saturated carbocycles. The molecule has 128 valence electrons. The summed E-state index contributed by atoms with van der Waals surface area (Å²) in [5, 5.41) is 1.17. The Balaban J connectivity index is 1.93. The number of hydrogen-bond acceptors (Lipinski definition) is 1. The van der Waals surface area contributed by atoms with E-state index >= 15 is 0 Å². The first-order valence-electron chi connectivity index (χ1n) is 9.08. The van der Waals surface area contributed by atoms with Gasteiger partial charge in [-0.3, -0.25) is 0 Å². The Bertz CT molecular complexity index is 1040. The largest absolute Gasteiger partial charge is 0.247 e. The molecule has 0 aliphatic heterocycles. The smallest absolute Gasteiger partial charge is 0.0788 e. The van der Waals surface area contributed by atoms with Gasteiger partial charge in [-0.1, -0.05) is 93.6 Å². The van der Waals surface area contributed by atoms with Gasteiger partial charge in [-0.05, 0) is 28.7 Å². The van der Waals surface area contributed by atoms with Crippen LogP contribution in [0.25, 0.3) is 33.3 Å². The zero-order valence-electron chi connectivity index (χ0n) is 15.5. The third kappa shape index (κ3) is 3.13. The zero-order valence-corrected chi connectivity index (χ0v) is 15.5. The van der Waals surface area contributed by atoms with E-state index in [4.69, 9.17) is 4.98 Å². The van der Waals surface area contributed by atoms with Crippen LogP contribution in [0.4, 0.5) is 0 Å². The molecule has 1 aromatic heterocycles. The van der Waals surface area contributed by atoms with Crippen LogP contribution in [0.1, 0.15) is 26.3 Å². The van der Waals surface area contributed by atoms with Crippen LogP contribution in [0.2, 0.25) is 0 Å². The van der Waals surface area contributed by atoms with E-state index in [1.54, 1.807) is 0 Å². The summed E-state index contributed by atoms with van der Waals surface area (Å²) in [5.41, 5.74) is 7.08. The van der Waals surface area contributed by atoms with E-state index in [0.717, 1.165) is 16.8 Å². The van der Waals surface area contributed by atoms with Crippen LogP contribution in [0.5, 0.6) is 0 Å². The first kappa shape index (κ1) is 16.5. The molecule has 1 heteroatoms. The Morgan fingerprint density at radius 1 is 0.654 bits per heavy atom. The molecule has 0 N–H and O–H groups in total. The standard InChI is InChI=1S/C25H23N/c1-25(2,3)21-15-13-19(14-16-21)24-22(18-9-5-4-6-10-18)17-20-11-7-8-12-23(20)26-24/h4-17H,1-3H3. The Morgan fingerprint density at radius 2 is 1.31 bits per heavy atom. The fourth-order valence-electron chi connectivity index (χ4n) is 3.30. The summed E-state index contributed by atoms with van der Waals surface area (Å²) in [5.74, 6) is 0. The molecule has 4 aromatic rings. The number of pyridine rings is 1. The lowest BCUT2D eigenvalue weighted by atomic mass is 9.86. The highest BCUT2D eigenvalue weighted by Gasteiger charge is 2.15. The minimum Gasteiger partial charge on any atom is -0.247 e. The fraction of sp³-hybridized carbons (Fsp3) is 0.160. The lowest BCUT2D eigenvalue weighted by Gasteiger charge is -2.19.